The molecule has 0 aliphatic heterocycles. The fourth-order valence-electron chi connectivity index (χ4n) is 2.86. The lowest BCUT2D eigenvalue weighted by Crippen LogP contribution is -2.15. The van der Waals surface area contributed by atoms with Crippen LogP contribution >= 0.6 is 0 Å². The van der Waals surface area contributed by atoms with Crippen LogP contribution in [0.2, 0.25) is 0 Å². The SMILES string of the molecule is Cc1ccc([N+](=O)[O-])c(C(=O)Nc2cccc3c(O)ccc(S(=O)(=O)O)c23)c1. The Morgan fingerprint density at radius 1 is 1.14 bits per heavy atom. The van der Waals surface area contributed by atoms with Crippen LogP contribution < -0.4 is 5.32 Å². The largest absolute Gasteiger partial charge is 0.507 e. The Bertz CT molecular complexity index is 1240. The summed E-state index contributed by atoms with van der Waals surface area (Å²) in [4.78, 5) is 22.7. The minimum atomic E-state index is -4.67. The molecule has 144 valence electrons. The fourth-order valence-corrected chi connectivity index (χ4v) is 3.58. The number of hydrogen-bond donors (Lipinski definition) is 3. The van der Waals surface area contributed by atoms with Crippen molar-refractivity contribution < 1.29 is 27.8 Å². The van der Waals surface area contributed by atoms with Crippen molar-refractivity contribution in [1.82, 2.24) is 0 Å². The van der Waals surface area contributed by atoms with Crippen LogP contribution in [0.5, 0.6) is 5.75 Å². The molecule has 0 spiro atoms. The van der Waals surface area contributed by atoms with Crippen LogP contribution in [-0.2, 0) is 10.1 Å². The maximum atomic E-state index is 12.7. The average molecular weight is 402 g/mol. The van der Waals surface area contributed by atoms with Gasteiger partial charge in [-0.15, -0.1) is 0 Å². The number of anilines is 1. The van der Waals surface area contributed by atoms with Crippen LogP contribution in [-0.4, -0.2) is 28.9 Å². The van der Waals surface area contributed by atoms with Gasteiger partial charge in [-0.05, 0) is 36.8 Å². The Hall–Kier alpha value is -3.50. The van der Waals surface area contributed by atoms with E-state index in [4.69, 9.17) is 0 Å². The number of carbonyl (C=O) groups excluding carboxylic acids is 1. The zero-order valence-corrected chi connectivity index (χ0v) is 15.2. The van der Waals surface area contributed by atoms with Gasteiger partial charge in [0.05, 0.1) is 10.6 Å². The number of rotatable bonds is 4. The summed E-state index contributed by atoms with van der Waals surface area (Å²) in [5.41, 5.74) is -0.0523. The van der Waals surface area contributed by atoms with Crippen molar-refractivity contribution >= 4 is 38.2 Å². The van der Waals surface area contributed by atoms with Crippen molar-refractivity contribution in [2.45, 2.75) is 11.8 Å². The Morgan fingerprint density at radius 2 is 1.86 bits per heavy atom. The number of carbonyl (C=O) groups is 1. The molecule has 3 aromatic carbocycles. The Morgan fingerprint density at radius 3 is 2.50 bits per heavy atom. The average Bonchev–Trinajstić information content (AvgIpc) is 2.61. The summed E-state index contributed by atoms with van der Waals surface area (Å²) in [6.45, 7) is 1.66. The number of phenols is 1. The number of nitro benzene ring substituents is 1. The van der Waals surface area contributed by atoms with Crippen molar-refractivity contribution in [2.75, 3.05) is 5.32 Å². The molecule has 0 aliphatic carbocycles. The molecule has 0 aromatic heterocycles. The normalized spacial score (nSPS) is 11.4. The van der Waals surface area contributed by atoms with E-state index in [1.165, 1.54) is 36.4 Å². The molecular weight excluding hydrogens is 388 g/mol. The van der Waals surface area contributed by atoms with Gasteiger partial charge in [-0.1, -0.05) is 18.2 Å². The van der Waals surface area contributed by atoms with Gasteiger partial charge in [0.15, 0.2) is 0 Å². The van der Waals surface area contributed by atoms with Gasteiger partial charge in [0.1, 0.15) is 16.2 Å². The van der Waals surface area contributed by atoms with Gasteiger partial charge in [0, 0.05) is 16.8 Å². The van der Waals surface area contributed by atoms with Gasteiger partial charge < -0.3 is 10.4 Å². The number of fused-ring (bicyclic) bond motifs is 1. The Balaban J connectivity index is 2.19. The minimum absolute atomic E-state index is 0.0400. The van der Waals surface area contributed by atoms with E-state index in [9.17, 15) is 33.0 Å². The maximum Gasteiger partial charge on any atom is 0.295 e. The standard InChI is InChI=1S/C18H14N2O7S/c1-10-5-6-14(20(23)24)12(9-10)18(22)19-13-4-2-3-11-15(21)7-8-16(17(11)13)28(25,26)27/h2-9,21H,1H3,(H,19,22)(H,25,26,27). The molecule has 0 fully saturated rings. The van der Waals surface area contributed by atoms with E-state index in [2.05, 4.69) is 5.32 Å². The first-order valence-corrected chi connectivity index (χ1v) is 9.32. The summed E-state index contributed by atoms with van der Waals surface area (Å²) in [6.07, 6.45) is 0. The Kier molecular flexibility index (Phi) is 4.75. The molecule has 0 aliphatic rings. The van der Waals surface area contributed by atoms with E-state index in [0.29, 0.717) is 5.56 Å². The molecule has 0 saturated heterocycles. The first kappa shape index (κ1) is 19.3. The fraction of sp³-hybridized carbons (Fsp3) is 0.0556. The lowest BCUT2D eigenvalue weighted by atomic mass is 10.1. The first-order valence-electron chi connectivity index (χ1n) is 7.88. The summed E-state index contributed by atoms with van der Waals surface area (Å²) in [5, 5.41) is 23.6. The third-order valence-electron chi connectivity index (χ3n) is 4.10. The molecule has 0 radical (unpaired) electrons. The van der Waals surface area contributed by atoms with Crippen molar-refractivity contribution in [3.05, 3.63) is 69.8 Å². The van der Waals surface area contributed by atoms with E-state index in [0.717, 1.165) is 12.1 Å². The van der Waals surface area contributed by atoms with Crippen LogP contribution in [0.25, 0.3) is 10.8 Å². The summed E-state index contributed by atoms with van der Waals surface area (Å²) < 4.78 is 32.9. The van der Waals surface area contributed by atoms with E-state index >= 15 is 0 Å². The molecule has 0 unspecified atom stereocenters. The number of aromatic hydroxyl groups is 1. The Labute approximate surface area is 159 Å². The number of nitro groups is 1. The lowest BCUT2D eigenvalue weighted by Gasteiger charge is -2.13. The van der Waals surface area contributed by atoms with E-state index in [-0.39, 0.29) is 27.8 Å². The molecule has 9 nitrogen and oxygen atoms in total. The van der Waals surface area contributed by atoms with E-state index in [1.54, 1.807) is 6.92 Å². The number of aryl methyl sites for hydroxylation is 1. The minimum Gasteiger partial charge on any atom is -0.507 e. The molecule has 0 saturated carbocycles. The van der Waals surface area contributed by atoms with Crippen LogP contribution in [0.15, 0.2) is 53.4 Å². The second-order valence-corrected chi connectivity index (χ2v) is 7.41. The van der Waals surface area contributed by atoms with Crippen molar-refractivity contribution in [3.8, 4) is 5.75 Å². The summed E-state index contributed by atoms with van der Waals surface area (Å²) in [6, 6.07) is 10.3. The predicted molar refractivity (Wildman–Crippen MR) is 101 cm³/mol. The van der Waals surface area contributed by atoms with Crippen LogP contribution in [0, 0.1) is 17.0 Å². The number of nitrogens with one attached hydrogen (secondary N) is 1. The highest BCUT2D eigenvalue weighted by molar-refractivity contribution is 7.86. The zero-order valence-electron chi connectivity index (χ0n) is 14.4. The monoisotopic (exact) mass is 402 g/mol. The zero-order chi connectivity index (χ0) is 20.6. The number of amides is 1. The smallest absolute Gasteiger partial charge is 0.295 e. The quantitative estimate of drug-likeness (QED) is 0.345. The van der Waals surface area contributed by atoms with Crippen LogP contribution in [0.4, 0.5) is 11.4 Å². The van der Waals surface area contributed by atoms with Crippen molar-refractivity contribution in [1.29, 1.82) is 0 Å². The number of benzene rings is 3. The lowest BCUT2D eigenvalue weighted by molar-refractivity contribution is -0.385. The van der Waals surface area contributed by atoms with E-state index < -0.39 is 31.5 Å². The molecule has 1 amide bonds. The second-order valence-electron chi connectivity index (χ2n) is 6.02. The van der Waals surface area contributed by atoms with Gasteiger partial charge in [-0.3, -0.25) is 19.5 Å². The highest BCUT2D eigenvalue weighted by atomic mass is 32.2. The molecule has 28 heavy (non-hydrogen) atoms. The maximum absolute atomic E-state index is 12.7. The number of hydrogen-bond acceptors (Lipinski definition) is 6. The third-order valence-corrected chi connectivity index (χ3v) is 4.99. The van der Waals surface area contributed by atoms with Gasteiger partial charge >= 0.3 is 0 Å². The molecule has 3 aromatic rings. The van der Waals surface area contributed by atoms with Gasteiger partial charge in [-0.25, -0.2) is 0 Å². The third kappa shape index (κ3) is 3.50. The number of nitrogens with zero attached hydrogens (tertiary/aromatic N) is 1. The van der Waals surface area contributed by atoms with Crippen LogP contribution in [0.3, 0.4) is 0 Å². The van der Waals surface area contributed by atoms with Crippen LogP contribution in [0.1, 0.15) is 15.9 Å². The molecule has 0 atom stereocenters. The molecule has 3 N–H and O–H groups in total. The van der Waals surface area contributed by atoms with Gasteiger partial charge in [0.25, 0.3) is 21.7 Å². The molecule has 3 rings (SSSR count). The van der Waals surface area contributed by atoms with E-state index in [1.807, 2.05) is 0 Å². The van der Waals surface area contributed by atoms with Crippen molar-refractivity contribution in [3.63, 3.8) is 0 Å². The summed E-state index contributed by atoms with van der Waals surface area (Å²) in [5.74, 6) is -1.10. The topological polar surface area (TPSA) is 147 Å². The molecule has 0 heterocycles. The van der Waals surface area contributed by atoms with Gasteiger partial charge in [-0.2, -0.15) is 8.42 Å². The first-order chi connectivity index (χ1) is 13.1. The highest BCUT2D eigenvalue weighted by Crippen LogP contribution is 2.36. The summed E-state index contributed by atoms with van der Waals surface area (Å²) >= 11 is 0. The van der Waals surface area contributed by atoms with Gasteiger partial charge in [0.2, 0.25) is 0 Å². The highest BCUT2D eigenvalue weighted by Gasteiger charge is 2.23. The molecular formula is C18H14N2O7S. The van der Waals surface area contributed by atoms with Crippen molar-refractivity contribution in [2.24, 2.45) is 0 Å². The molecule has 0 bridgehead atoms. The predicted octanol–water partition coefficient (Wildman–Crippen LogP) is 3.26. The number of phenolic OH excluding ortho intramolecular Hbond substituents is 1. The summed E-state index contributed by atoms with van der Waals surface area (Å²) in [7, 11) is -4.67. The molecule has 10 heteroatoms. The second kappa shape index (κ2) is 6.91.